The number of hydrogen-bond donors (Lipinski definition) is 1. The fourth-order valence-corrected chi connectivity index (χ4v) is 3.73. The fourth-order valence-electron chi connectivity index (χ4n) is 2.16. The molecule has 0 spiro atoms. The Hall–Kier alpha value is -2.65. The van der Waals surface area contributed by atoms with Gasteiger partial charge in [0.1, 0.15) is 0 Å². The van der Waals surface area contributed by atoms with Gasteiger partial charge >= 0.3 is 0 Å². The van der Waals surface area contributed by atoms with E-state index in [9.17, 15) is 9.59 Å². The van der Waals surface area contributed by atoms with Crippen LogP contribution in [0.3, 0.4) is 0 Å². The number of carbonyl (C=O) groups excluding carboxylic acids is 2. The third-order valence-corrected chi connectivity index (χ3v) is 5.33. The summed E-state index contributed by atoms with van der Waals surface area (Å²) in [6.45, 7) is 0. The minimum Gasteiger partial charge on any atom is -0.296 e. The number of imide groups is 1. The van der Waals surface area contributed by atoms with E-state index in [1.807, 2.05) is 60.7 Å². The molecule has 1 heterocycles. The fraction of sp³-hybridized carbons (Fsp3) is 0.167. The number of thioether (sulfide) groups is 2. The number of tetrazole rings is 1. The van der Waals surface area contributed by atoms with Crippen LogP contribution in [0.25, 0.3) is 5.69 Å². The van der Waals surface area contributed by atoms with Crippen molar-refractivity contribution in [1.82, 2.24) is 25.5 Å². The highest BCUT2D eigenvalue weighted by Crippen LogP contribution is 2.18. The molecule has 27 heavy (non-hydrogen) atoms. The van der Waals surface area contributed by atoms with E-state index in [1.54, 1.807) is 16.4 Å². The van der Waals surface area contributed by atoms with Crippen molar-refractivity contribution in [2.45, 2.75) is 16.5 Å². The maximum absolute atomic E-state index is 12.0. The number of carbonyl (C=O) groups is 2. The van der Waals surface area contributed by atoms with E-state index in [-0.39, 0.29) is 24.0 Å². The van der Waals surface area contributed by atoms with Gasteiger partial charge in [0, 0.05) is 17.1 Å². The van der Waals surface area contributed by atoms with Crippen molar-refractivity contribution in [2.24, 2.45) is 0 Å². The highest BCUT2D eigenvalue weighted by molar-refractivity contribution is 7.99. The Labute approximate surface area is 164 Å². The minimum absolute atomic E-state index is 0.0603. The molecule has 0 saturated carbocycles. The summed E-state index contributed by atoms with van der Waals surface area (Å²) in [5.74, 6) is 0.0248. The molecule has 2 aromatic carbocycles. The molecule has 0 fully saturated rings. The smallest absolute Gasteiger partial charge is 0.237 e. The lowest BCUT2D eigenvalue weighted by atomic mass is 10.3. The van der Waals surface area contributed by atoms with Crippen LogP contribution in [0.15, 0.2) is 70.7 Å². The third kappa shape index (κ3) is 5.93. The zero-order valence-electron chi connectivity index (χ0n) is 14.3. The van der Waals surface area contributed by atoms with Crippen LogP contribution in [0.5, 0.6) is 0 Å². The SMILES string of the molecule is O=C(CCSc1ccccc1)NC(=O)CSc1nnnn1-c1ccccc1. The summed E-state index contributed by atoms with van der Waals surface area (Å²) < 4.78 is 1.55. The Kier molecular flexibility index (Phi) is 7.00. The largest absolute Gasteiger partial charge is 0.296 e. The highest BCUT2D eigenvalue weighted by Gasteiger charge is 2.13. The lowest BCUT2D eigenvalue weighted by molar-refractivity contribution is -0.128. The summed E-state index contributed by atoms with van der Waals surface area (Å²) >= 11 is 2.76. The Morgan fingerprint density at radius 3 is 2.37 bits per heavy atom. The van der Waals surface area contributed by atoms with E-state index in [4.69, 9.17) is 0 Å². The molecule has 9 heteroatoms. The van der Waals surface area contributed by atoms with E-state index in [2.05, 4.69) is 20.8 Å². The molecule has 0 aliphatic heterocycles. The van der Waals surface area contributed by atoms with E-state index in [1.165, 1.54) is 11.8 Å². The zero-order chi connectivity index (χ0) is 18.9. The molecule has 2 amide bonds. The first kappa shape index (κ1) is 19.1. The summed E-state index contributed by atoms with van der Waals surface area (Å²) in [6.07, 6.45) is 0.276. The summed E-state index contributed by atoms with van der Waals surface area (Å²) in [4.78, 5) is 25.0. The molecule has 0 unspecified atom stereocenters. The monoisotopic (exact) mass is 399 g/mol. The first-order valence-corrected chi connectivity index (χ1v) is 10.2. The van der Waals surface area contributed by atoms with Crippen LogP contribution < -0.4 is 5.32 Å². The van der Waals surface area contributed by atoms with Gasteiger partial charge in [-0.3, -0.25) is 14.9 Å². The number of nitrogens with zero attached hydrogens (tertiary/aromatic N) is 4. The number of para-hydroxylation sites is 1. The molecule has 138 valence electrons. The van der Waals surface area contributed by atoms with Crippen LogP contribution in [0.1, 0.15) is 6.42 Å². The number of aromatic nitrogens is 4. The number of hydrogen-bond acceptors (Lipinski definition) is 7. The van der Waals surface area contributed by atoms with Crippen molar-refractivity contribution < 1.29 is 9.59 Å². The predicted octanol–water partition coefficient (Wildman–Crippen LogP) is 2.58. The average molecular weight is 400 g/mol. The predicted molar refractivity (Wildman–Crippen MR) is 105 cm³/mol. The Morgan fingerprint density at radius 1 is 0.926 bits per heavy atom. The van der Waals surface area contributed by atoms with Crippen molar-refractivity contribution in [3.63, 3.8) is 0 Å². The number of rotatable bonds is 8. The first-order chi connectivity index (χ1) is 13.2. The Bertz CT molecular complexity index is 887. The maximum Gasteiger partial charge on any atom is 0.237 e. The van der Waals surface area contributed by atoms with Crippen molar-refractivity contribution in [3.05, 3.63) is 60.7 Å². The molecule has 3 aromatic rings. The number of amides is 2. The van der Waals surface area contributed by atoms with E-state index < -0.39 is 0 Å². The lowest BCUT2D eigenvalue weighted by Crippen LogP contribution is -2.32. The average Bonchev–Trinajstić information content (AvgIpc) is 3.16. The van der Waals surface area contributed by atoms with E-state index >= 15 is 0 Å². The van der Waals surface area contributed by atoms with Gasteiger partial charge in [0.15, 0.2) is 0 Å². The van der Waals surface area contributed by atoms with Crippen molar-refractivity contribution >= 4 is 35.3 Å². The molecular weight excluding hydrogens is 382 g/mol. The molecule has 0 aliphatic carbocycles. The topological polar surface area (TPSA) is 89.8 Å². The normalized spacial score (nSPS) is 10.5. The van der Waals surface area contributed by atoms with Crippen LogP contribution in [-0.2, 0) is 9.59 Å². The molecule has 3 rings (SSSR count). The second-order valence-electron chi connectivity index (χ2n) is 5.38. The van der Waals surface area contributed by atoms with Gasteiger partial charge in [-0.1, -0.05) is 48.2 Å². The van der Waals surface area contributed by atoms with Crippen LogP contribution >= 0.6 is 23.5 Å². The standard InChI is InChI=1S/C18H17N5O2S2/c24-16(11-12-26-15-9-5-2-6-10-15)19-17(25)13-27-18-20-21-22-23(18)14-7-3-1-4-8-14/h1-10H,11-13H2,(H,19,24,25). The van der Waals surface area contributed by atoms with Crippen molar-refractivity contribution in [2.75, 3.05) is 11.5 Å². The van der Waals surface area contributed by atoms with Gasteiger partial charge < -0.3 is 0 Å². The Morgan fingerprint density at radius 2 is 1.63 bits per heavy atom. The van der Waals surface area contributed by atoms with Gasteiger partial charge in [-0.15, -0.1) is 16.9 Å². The molecule has 0 atom stereocenters. The van der Waals surface area contributed by atoms with Gasteiger partial charge in [-0.2, -0.15) is 4.68 Å². The molecule has 1 aromatic heterocycles. The van der Waals surface area contributed by atoms with Crippen molar-refractivity contribution in [3.8, 4) is 5.69 Å². The highest BCUT2D eigenvalue weighted by atomic mass is 32.2. The van der Waals surface area contributed by atoms with Gasteiger partial charge in [0.2, 0.25) is 17.0 Å². The van der Waals surface area contributed by atoms with E-state index in [0.717, 1.165) is 10.6 Å². The number of benzene rings is 2. The Balaban J connectivity index is 1.42. The van der Waals surface area contributed by atoms with Gasteiger partial charge in [-0.25, -0.2) is 0 Å². The molecule has 0 bridgehead atoms. The summed E-state index contributed by atoms with van der Waals surface area (Å²) in [5.41, 5.74) is 0.805. The third-order valence-electron chi connectivity index (χ3n) is 3.39. The molecule has 7 nitrogen and oxygen atoms in total. The summed E-state index contributed by atoms with van der Waals surface area (Å²) in [7, 11) is 0. The molecule has 0 radical (unpaired) electrons. The van der Waals surface area contributed by atoms with Crippen LogP contribution in [0.4, 0.5) is 0 Å². The zero-order valence-corrected chi connectivity index (χ0v) is 15.9. The maximum atomic E-state index is 12.0. The lowest BCUT2D eigenvalue weighted by Gasteiger charge is -2.05. The van der Waals surface area contributed by atoms with Crippen LogP contribution in [0, 0.1) is 0 Å². The van der Waals surface area contributed by atoms with Gasteiger partial charge in [0.05, 0.1) is 11.4 Å². The molecular formula is C18H17N5O2S2. The van der Waals surface area contributed by atoms with Crippen LogP contribution in [0.2, 0.25) is 0 Å². The minimum atomic E-state index is -0.364. The molecule has 1 N–H and O–H groups in total. The first-order valence-electron chi connectivity index (χ1n) is 8.19. The quantitative estimate of drug-likeness (QED) is 0.582. The van der Waals surface area contributed by atoms with Gasteiger partial charge in [0.25, 0.3) is 0 Å². The second-order valence-corrected chi connectivity index (χ2v) is 7.49. The van der Waals surface area contributed by atoms with E-state index in [0.29, 0.717) is 10.9 Å². The number of nitrogens with one attached hydrogen (secondary N) is 1. The molecule has 0 aliphatic rings. The summed E-state index contributed by atoms with van der Waals surface area (Å²) in [5, 5.41) is 14.4. The second kappa shape index (κ2) is 9.89. The van der Waals surface area contributed by atoms with Crippen molar-refractivity contribution in [1.29, 1.82) is 0 Å². The molecule has 0 saturated heterocycles. The summed E-state index contributed by atoms with van der Waals surface area (Å²) in [6, 6.07) is 19.2. The van der Waals surface area contributed by atoms with Gasteiger partial charge in [-0.05, 0) is 34.7 Å². The van der Waals surface area contributed by atoms with Crippen LogP contribution in [-0.4, -0.2) is 43.5 Å².